The van der Waals surface area contributed by atoms with Gasteiger partial charge in [-0.1, -0.05) is 32.0 Å². The third-order valence-electron chi connectivity index (χ3n) is 4.92. The number of piperidine rings is 1. The molecule has 1 aliphatic heterocycles. The highest BCUT2D eigenvalue weighted by atomic mass is 16.5. The van der Waals surface area contributed by atoms with Gasteiger partial charge in [-0.25, -0.2) is 0 Å². The second-order valence-corrected chi connectivity index (χ2v) is 7.00. The third-order valence-corrected chi connectivity index (χ3v) is 4.92. The maximum absolute atomic E-state index is 9.80. The van der Waals surface area contributed by atoms with Crippen LogP contribution in [-0.2, 0) is 6.42 Å². The van der Waals surface area contributed by atoms with E-state index in [1.54, 1.807) is 6.20 Å². The fourth-order valence-corrected chi connectivity index (χ4v) is 3.71. The molecule has 4 nitrogen and oxygen atoms in total. The largest absolute Gasteiger partial charge is 0.412 e. The summed E-state index contributed by atoms with van der Waals surface area (Å²) in [7, 11) is 0. The van der Waals surface area contributed by atoms with Crippen molar-refractivity contribution in [2.24, 2.45) is 0 Å². The molecule has 0 aliphatic carbocycles. The lowest BCUT2D eigenvalue weighted by Gasteiger charge is -2.22. The van der Waals surface area contributed by atoms with E-state index in [1.807, 2.05) is 0 Å². The summed E-state index contributed by atoms with van der Waals surface area (Å²) in [5, 5.41) is 17.5. The smallest absolute Gasteiger partial charge is 0.0738 e. The molecule has 1 saturated heterocycles. The van der Waals surface area contributed by atoms with Gasteiger partial charge in [-0.3, -0.25) is 0 Å². The Morgan fingerprint density at radius 3 is 2.70 bits per heavy atom. The second kappa shape index (κ2) is 6.75. The molecule has 0 spiro atoms. The van der Waals surface area contributed by atoms with E-state index in [1.165, 1.54) is 22.3 Å². The number of rotatable bonds is 4. The predicted molar refractivity (Wildman–Crippen MR) is 92.3 cm³/mol. The minimum Gasteiger partial charge on any atom is -0.412 e. The monoisotopic (exact) mass is 313 g/mol. The van der Waals surface area contributed by atoms with Crippen LogP contribution in [0.15, 0.2) is 24.4 Å². The normalized spacial score (nSPS) is 16.2. The molecule has 0 atom stereocenters. The molecule has 2 aromatic rings. The van der Waals surface area contributed by atoms with Crippen LogP contribution in [0.4, 0.5) is 0 Å². The van der Waals surface area contributed by atoms with Crippen molar-refractivity contribution >= 4 is 0 Å². The van der Waals surface area contributed by atoms with Crippen molar-refractivity contribution in [3.8, 4) is 0 Å². The molecule has 124 valence electrons. The Morgan fingerprint density at radius 2 is 2.04 bits per heavy atom. The van der Waals surface area contributed by atoms with Crippen LogP contribution in [0.5, 0.6) is 0 Å². The van der Waals surface area contributed by atoms with Gasteiger partial charge in [0.05, 0.1) is 11.9 Å². The van der Waals surface area contributed by atoms with Crippen molar-refractivity contribution in [3.05, 3.63) is 52.3 Å². The highest BCUT2D eigenvalue weighted by Gasteiger charge is 2.21. The van der Waals surface area contributed by atoms with Crippen molar-refractivity contribution in [3.63, 3.8) is 0 Å². The molecule has 1 aromatic carbocycles. The maximum atomic E-state index is 9.80. The molecule has 3 rings (SSSR count). The van der Waals surface area contributed by atoms with Gasteiger partial charge in [-0.15, -0.1) is 9.94 Å². The van der Waals surface area contributed by atoms with Gasteiger partial charge < -0.3 is 10.5 Å². The van der Waals surface area contributed by atoms with Gasteiger partial charge >= 0.3 is 0 Å². The quantitative estimate of drug-likeness (QED) is 0.848. The highest BCUT2D eigenvalue weighted by Crippen LogP contribution is 2.29. The van der Waals surface area contributed by atoms with Crippen LogP contribution in [0.2, 0.25) is 0 Å². The van der Waals surface area contributed by atoms with E-state index in [0.717, 1.165) is 42.9 Å². The maximum Gasteiger partial charge on any atom is 0.0738 e. The zero-order valence-electron chi connectivity index (χ0n) is 14.3. The minimum atomic E-state index is 0.503. The van der Waals surface area contributed by atoms with E-state index < -0.39 is 0 Å². The standard InChI is InChI=1S/C19H27N3O/c1-13(2)17-5-4-15(10-14(17)3)11-19-18(12-22(23)21-19)16-6-8-20-9-7-16/h4-5,10,12-13,16,20,23H,6-9,11H2,1-3H3. The first-order chi connectivity index (χ1) is 11.0. The average molecular weight is 313 g/mol. The minimum absolute atomic E-state index is 0.503. The molecule has 0 bridgehead atoms. The fraction of sp³-hybridized carbons (Fsp3) is 0.526. The van der Waals surface area contributed by atoms with Crippen molar-refractivity contribution in [2.45, 2.75) is 51.9 Å². The van der Waals surface area contributed by atoms with E-state index in [4.69, 9.17) is 0 Å². The molecular weight excluding hydrogens is 286 g/mol. The molecule has 0 saturated carbocycles. The molecule has 23 heavy (non-hydrogen) atoms. The highest BCUT2D eigenvalue weighted by molar-refractivity contribution is 5.36. The first kappa shape index (κ1) is 16.1. The number of aromatic nitrogens is 2. The van der Waals surface area contributed by atoms with Crippen molar-refractivity contribution in [2.75, 3.05) is 13.1 Å². The summed E-state index contributed by atoms with van der Waals surface area (Å²) in [5.74, 6) is 1.05. The summed E-state index contributed by atoms with van der Waals surface area (Å²) in [6.45, 7) is 8.72. The Morgan fingerprint density at radius 1 is 1.30 bits per heavy atom. The number of nitrogens with zero attached hydrogens (tertiary/aromatic N) is 2. The van der Waals surface area contributed by atoms with Crippen LogP contribution < -0.4 is 5.32 Å². The summed E-state index contributed by atoms with van der Waals surface area (Å²) in [4.78, 5) is 0.988. The topological polar surface area (TPSA) is 50.1 Å². The number of hydrogen-bond acceptors (Lipinski definition) is 3. The molecule has 2 heterocycles. The van der Waals surface area contributed by atoms with Gasteiger partial charge in [0.2, 0.25) is 0 Å². The van der Waals surface area contributed by atoms with Crippen LogP contribution in [0.25, 0.3) is 0 Å². The molecule has 0 unspecified atom stereocenters. The van der Waals surface area contributed by atoms with Gasteiger partial charge in [0.15, 0.2) is 0 Å². The van der Waals surface area contributed by atoms with Crippen molar-refractivity contribution in [1.82, 2.24) is 15.3 Å². The van der Waals surface area contributed by atoms with Gasteiger partial charge in [0.1, 0.15) is 0 Å². The zero-order valence-corrected chi connectivity index (χ0v) is 14.3. The van der Waals surface area contributed by atoms with E-state index >= 15 is 0 Å². The Bertz CT molecular complexity index is 669. The summed E-state index contributed by atoms with van der Waals surface area (Å²) < 4.78 is 0. The third kappa shape index (κ3) is 3.58. The van der Waals surface area contributed by atoms with E-state index in [9.17, 15) is 5.21 Å². The lowest BCUT2D eigenvalue weighted by Crippen LogP contribution is -2.26. The molecule has 1 fully saturated rings. The van der Waals surface area contributed by atoms with Crippen LogP contribution in [0.3, 0.4) is 0 Å². The summed E-state index contributed by atoms with van der Waals surface area (Å²) in [5.41, 5.74) is 6.22. The van der Waals surface area contributed by atoms with Crippen LogP contribution in [-0.4, -0.2) is 28.2 Å². The van der Waals surface area contributed by atoms with Crippen molar-refractivity contribution in [1.29, 1.82) is 0 Å². The van der Waals surface area contributed by atoms with Crippen LogP contribution >= 0.6 is 0 Å². The number of benzene rings is 1. The van der Waals surface area contributed by atoms with Crippen LogP contribution in [0, 0.1) is 6.92 Å². The van der Waals surface area contributed by atoms with Gasteiger partial charge in [-0.05, 0) is 61.4 Å². The van der Waals surface area contributed by atoms with Gasteiger partial charge in [0, 0.05) is 12.0 Å². The van der Waals surface area contributed by atoms with Crippen LogP contribution in [0.1, 0.15) is 66.5 Å². The molecule has 4 heteroatoms. The molecule has 1 aliphatic rings. The number of aryl methyl sites for hydroxylation is 1. The zero-order chi connectivity index (χ0) is 16.4. The molecule has 0 radical (unpaired) electrons. The van der Waals surface area contributed by atoms with E-state index in [2.05, 4.69) is 49.4 Å². The fourth-order valence-electron chi connectivity index (χ4n) is 3.71. The Labute approximate surface area is 138 Å². The summed E-state index contributed by atoms with van der Waals surface area (Å²) in [6, 6.07) is 6.69. The average Bonchev–Trinajstić information content (AvgIpc) is 2.88. The molecule has 1 aromatic heterocycles. The number of hydrogen-bond donors (Lipinski definition) is 2. The molecule has 0 amide bonds. The molecule has 2 N–H and O–H groups in total. The second-order valence-electron chi connectivity index (χ2n) is 7.00. The van der Waals surface area contributed by atoms with E-state index in [-0.39, 0.29) is 0 Å². The summed E-state index contributed by atoms with van der Waals surface area (Å²) >= 11 is 0. The van der Waals surface area contributed by atoms with Crippen molar-refractivity contribution < 1.29 is 5.21 Å². The summed E-state index contributed by atoms with van der Waals surface area (Å²) in [6.07, 6.45) is 4.81. The lowest BCUT2D eigenvalue weighted by atomic mass is 9.88. The van der Waals surface area contributed by atoms with Gasteiger partial charge in [-0.2, -0.15) is 0 Å². The SMILES string of the molecule is Cc1cc(Cc2nn(O)cc2C2CCNCC2)ccc1C(C)C. The van der Waals surface area contributed by atoms with Gasteiger partial charge in [0.25, 0.3) is 0 Å². The Balaban J connectivity index is 1.84. The Kier molecular flexibility index (Phi) is 4.71. The first-order valence-corrected chi connectivity index (χ1v) is 8.62. The Hall–Kier alpha value is -1.81. The first-order valence-electron chi connectivity index (χ1n) is 8.62. The predicted octanol–water partition coefficient (Wildman–Crippen LogP) is 3.61. The van der Waals surface area contributed by atoms with E-state index in [0.29, 0.717) is 11.8 Å². The lowest BCUT2D eigenvalue weighted by molar-refractivity contribution is 0.147. The number of nitrogens with one attached hydrogen (secondary N) is 1. The molecular formula is C19H27N3O.